The van der Waals surface area contributed by atoms with Crippen molar-refractivity contribution in [2.75, 3.05) is 24.7 Å². The molecule has 1 heterocycles. The molecule has 0 saturated carbocycles. The molecule has 2 rings (SSSR count). The lowest BCUT2D eigenvalue weighted by atomic mass is 10.2. The van der Waals surface area contributed by atoms with Gasteiger partial charge in [0, 0.05) is 12.2 Å². The van der Waals surface area contributed by atoms with Crippen molar-refractivity contribution >= 4 is 23.2 Å². The summed E-state index contributed by atoms with van der Waals surface area (Å²) in [5.74, 6) is -0.773. The molecule has 0 radical (unpaired) electrons. The monoisotopic (exact) mass is 295 g/mol. The quantitative estimate of drug-likeness (QED) is 0.842. The van der Waals surface area contributed by atoms with E-state index in [2.05, 4.69) is 4.74 Å². The Morgan fingerprint density at radius 2 is 2.11 bits per heavy atom. The number of carbonyl (C=O) groups is 1. The molecule has 8 heteroatoms. The average Bonchev–Trinajstić information content (AvgIpc) is 2.31. The van der Waals surface area contributed by atoms with E-state index < -0.39 is 12.1 Å². The van der Waals surface area contributed by atoms with E-state index in [0.717, 1.165) is 6.07 Å². The first-order chi connectivity index (χ1) is 8.87. The number of carbonyl (C=O) groups excluding carboxylic acids is 1. The second-order valence-electron chi connectivity index (χ2n) is 3.76. The Hall–Kier alpha value is -1.47. The molecule has 1 aromatic carbocycles. The predicted octanol–water partition coefficient (Wildman–Crippen LogP) is 2.60. The van der Waals surface area contributed by atoms with E-state index in [1.165, 1.54) is 17.0 Å². The molecule has 0 atom stereocenters. The van der Waals surface area contributed by atoms with Crippen LogP contribution in [-0.2, 0) is 9.53 Å². The summed E-state index contributed by atoms with van der Waals surface area (Å²) >= 11 is 5.71. The second kappa shape index (κ2) is 5.26. The second-order valence-corrected chi connectivity index (χ2v) is 4.17. The Morgan fingerprint density at radius 3 is 2.68 bits per heavy atom. The van der Waals surface area contributed by atoms with Crippen molar-refractivity contribution in [1.29, 1.82) is 0 Å². The minimum atomic E-state index is -4.81. The number of alkyl halides is 3. The minimum Gasteiger partial charge on any atom is -0.404 e. The predicted molar refractivity (Wildman–Crippen MR) is 61.3 cm³/mol. The highest BCUT2D eigenvalue weighted by Gasteiger charge is 2.32. The van der Waals surface area contributed by atoms with Gasteiger partial charge in [-0.2, -0.15) is 0 Å². The number of hydrogen-bond acceptors (Lipinski definition) is 3. The maximum atomic E-state index is 12.1. The number of halogens is 4. The van der Waals surface area contributed by atoms with Crippen molar-refractivity contribution < 1.29 is 27.4 Å². The van der Waals surface area contributed by atoms with Crippen LogP contribution >= 0.6 is 11.6 Å². The molecule has 19 heavy (non-hydrogen) atoms. The Morgan fingerprint density at radius 1 is 1.37 bits per heavy atom. The Kier molecular flexibility index (Phi) is 3.86. The molecule has 0 aromatic heterocycles. The molecule has 1 aliphatic heterocycles. The van der Waals surface area contributed by atoms with Gasteiger partial charge in [0.15, 0.2) is 0 Å². The van der Waals surface area contributed by atoms with Crippen LogP contribution in [0, 0.1) is 0 Å². The van der Waals surface area contributed by atoms with Gasteiger partial charge in [-0.05, 0) is 18.2 Å². The van der Waals surface area contributed by atoms with E-state index in [4.69, 9.17) is 16.3 Å². The van der Waals surface area contributed by atoms with E-state index >= 15 is 0 Å². The SMILES string of the molecule is O=C1COCCN1c1ccc(OC(F)(F)F)c(Cl)c1. The summed E-state index contributed by atoms with van der Waals surface area (Å²) in [5, 5.41) is -0.214. The normalized spacial score (nSPS) is 16.6. The van der Waals surface area contributed by atoms with Gasteiger partial charge in [0.2, 0.25) is 0 Å². The van der Waals surface area contributed by atoms with Gasteiger partial charge in [0.25, 0.3) is 5.91 Å². The van der Waals surface area contributed by atoms with Crippen LogP contribution in [0.3, 0.4) is 0 Å². The van der Waals surface area contributed by atoms with E-state index in [0.29, 0.717) is 18.8 Å². The molecule has 104 valence electrons. The lowest BCUT2D eigenvalue weighted by molar-refractivity contribution is -0.274. The fraction of sp³-hybridized carbons (Fsp3) is 0.364. The van der Waals surface area contributed by atoms with Gasteiger partial charge >= 0.3 is 6.36 Å². The van der Waals surface area contributed by atoms with Crippen LogP contribution in [0.1, 0.15) is 0 Å². The first kappa shape index (κ1) is 14.0. The van der Waals surface area contributed by atoms with E-state index in [9.17, 15) is 18.0 Å². The fourth-order valence-electron chi connectivity index (χ4n) is 1.66. The zero-order chi connectivity index (χ0) is 14.0. The van der Waals surface area contributed by atoms with Crippen molar-refractivity contribution in [3.05, 3.63) is 23.2 Å². The van der Waals surface area contributed by atoms with Crippen molar-refractivity contribution in [3.63, 3.8) is 0 Å². The molecule has 0 spiro atoms. The number of amides is 1. The van der Waals surface area contributed by atoms with Crippen molar-refractivity contribution in [2.45, 2.75) is 6.36 Å². The van der Waals surface area contributed by atoms with Gasteiger partial charge in [-0.15, -0.1) is 13.2 Å². The lowest BCUT2D eigenvalue weighted by Crippen LogP contribution is -2.41. The van der Waals surface area contributed by atoms with Crippen LogP contribution in [0.25, 0.3) is 0 Å². The molecule has 0 unspecified atom stereocenters. The molecule has 1 aromatic rings. The fourth-order valence-corrected chi connectivity index (χ4v) is 1.87. The third kappa shape index (κ3) is 3.51. The Labute approximate surface area is 111 Å². The van der Waals surface area contributed by atoms with Gasteiger partial charge in [-0.1, -0.05) is 11.6 Å². The number of rotatable bonds is 2. The first-order valence-electron chi connectivity index (χ1n) is 5.30. The van der Waals surface area contributed by atoms with Crippen molar-refractivity contribution in [3.8, 4) is 5.75 Å². The maximum Gasteiger partial charge on any atom is 0.573 e. The number of ether oxygens (including phenoxy) is 2. The Balaban J connectivity index is 2.21. The summed E-state index contributed by atoms with van der Waals surface area (Å²) in [6.07, 6.45) is -4.81. The smallest absolute Gasteiger partial charge is 0.404 e. The Bertz CT molecular complexity index is 493. The summed E-state index contributed by atoms with van der Waals surface area (Å²) in [5.41, 5.74) is 0.410. The van der Waals surface area contributed by atoms with Gasteiger partial charge in [-0.25, -0.2) is 0 Å². The molecule has 1 saturated heterocycles. The summed E-state index contributed by atoms with van der Waals surface area (Å²) < 4.78 is 44.9. The van der Waals surface area contributed by atoms with Crippen molar-refractivity contribution in [1.82, 2.24) is 0 Å². The maximum absolute atomic E-state index is 12.1. The summed E-state index contributed by atoms with van der Waals surface area (Å²) in [6, 6.07) is 3.68. The highest BCUT2D eigenvalue weighted by Crippen LogP contribution is 2.33. The zero-order valence-corrected chi connectivity index (χ0v) is 10.3. The topological polar surface area (TPSA) is 38.8 Å². The van der Waals surface area contributed by atoms with Gasteiger partial charge in [0.1, 0.15) is 12.4 Å². The van der Waals surface area contributed by atoms with Crippen LogP contribution in [0.15, 0.2) is 18.2 Å². The standard InChI is InChI=1S/C11H9ClF3NO3/c12-8-5-7(16-3-4-18-6-10(16)17)1-2-9(8)19-11(13,14)15/h1-2,5H,3-4,6H2. The van der Waals surface area contributed by atoms with Crippen LogP contribution in [0.2, 0.25) is 5.02 Å². The molecule has 0 bridgehead atoms. The molecule has 1 fully saturated rings. The number of nitrogens with zero attached hydrogens (tertiary/aromatic N) is 1. The number of morpholine rings is 1. The third-order valence-electron chi connectivity index (χ3n) is 2.44. The molecule has 4 nitrogen and oxygen atoms in total. The van der Waals surface area contributed by atoms with Gasteiger partial charge in [-0.3, -0.25) is 4.79 Å². The minimum absolute atomic E-state index is 0.0571. The number of anilines is 1. The number of hydrogen-bond donors (Lipinski definition) is 0. The summed E-state index contributed by atoms with van der Waals surface area (Å²) in [6.45, 7) is 0.636. The molecular weight excluding hydrogens is 287 g/mol. The molecule has 1 aliphatic rings. The zero-order valence-electron chi connectivity index (χ0n) is 9.54. The molecule has 1 amide bonds. The van der Waals surface area contributed by atoms with Crippen LogP contribution in [0.4, 0.5) is 18.9 Å². The average molecular weight is 296 g/mol. The highest BCUT2D eigenvalue weighted by molar-refractivity contribution is 6.32. The molecular formula is C11H9ClF3NO3. The van der Waals surface area contributed by atoms with E-state index in [1.54, 1.807) is 0 Å². The van der Waals surface area contributed by atoms with E-state index in [1.807, 2.05) is 0 Å². The van der Waals surface area contributed by atoms with Crippen LogP contribution in [0.5, 0.6) is 5.75 Å². The van der Waals surface area contributed by atoms with Gasteiger partial charge in [0.05, 0.1) is 11.6 Å². The molecule has 0 N–H and O–H groups in total. The highest BCUT2D eigenvalue weighted by atomic mass is 35.5. The molecule has 0 aliphatic carbocycles. The van der Waals surface area contributed by atoms with Crippen molar-refractivity contribution in [2.24, 2.45) is 0 Å². The third-order valence-corrected chi connectivity index (χ3v) is 2.73. The van der Waals surface area contributed by atoms with Gasteiger partial charge < -0.3 is 14.4 Å². The largest absolute Gasteiger partial charge is 0.573 e. The first-order valence-corrected chi connectivity index (χ1v) is 5.68. The summed E-state index contributed by atoms with van der Waals surface area (Å²) in [4.78, 5) is 13.0. The van der Waals surface area contributed by atoms with Crippen LogP contribution < -0.4 is 9.64 Å². The van der Waals surface area contributed by atoms with Crippen LogP contribution in [-0.4, -0.2) is 32.0 Å². The van der Waals surface area contributed by atoms with E-state index in [-0.39, 0.29) is 17.5 Å². The lowest BCUT2D eigenvalue weighted by Gasteiger charge is -2.27. The summed E-state index contributed by atoms with van der Waals surface area (Å²) in [7, 11) is 0. The number of benzene rings is 1.